The number of aromatic nitrogens is 2. The summed E-state index contributed by atoms with van der Waals surface area (Å²) in [7, 11) is 0. The van der Waals surface area contributed by atoms with Gasteiger partial charge in [0.15, 0.2) is 0 Å². The van der Waals surface area contributed by atoms with Crippen LogP contribution in [0, 0.1) is 5.82 Å². The summed E-state index contributed by atoms with van der Waals surface area (Å²) < 4.78 is 15.1. The Labute approximate surface area is 100 Å². The van der Waals surface area contributed by atoms with Crippen LogP contribution in [0.3, 0.4) is 0 Å². The molecule has 0 amide bonds. The highest BCUT2D eigenvalue weighted by atomic mass is 19.1. The van der Waals surface area contributed by atoms with Gasteiger partial charge in [0.25, 0.3) is 0 Å². The average Bonchev–Trinajstić information content (AvgIpc) is 2.75. The third kappa shape index (κ3) is 1.86. The van der Waals surface area contributed by atoms with E-state index in [1.54, 1.807) is 12.1 Å². The van der Waals surface area contributed by atoms with Crippen molar-refractivity contribution in [1.82, 2.24) is 9.55 Å². The number of imidazole rings is 1. The number of rotatable bonds is 1. The second-order valence-corrected chi connectivity index (χ2v) is 4.73. The van der Waals surface area contributed by atoms with E-state index in [1.165, 1.54) is 25.0 Å². The van der Waals surface area contributed by atoms with Crippen molar-refractivity contribution in [3.05, 3.63) is 42.1 Å². The third-order valence-electron chi connectivity index (χ3n) is 3.42. The highest BCUT2D eigenvalue weighted by Crippen LogP contribution is 2.29. The molecule has 0 saturated carbocycles. The maximum Gasteiger partial charge on any atom is 0.123 e. The van der Waals surface area contributed by atoms with Crippen molar-refractivity contribution in [2.75, 3.05) is 0 Å². The average molecular weight is 230 g/mol. The number of fused-ring (bicyclic) bond motifs is 1. The number of nitrogens with zero attached hydrogens (tertiary/aromatic N) is 2. The molecule has 1 aliphatic heterocycles. The van der Waals surface area contributed by atoms with Gasteiger partial charge in [0.05, 0.1) is 5.69 Å². The quantitative estimate of drug-likeness (QED) is 0.732. The van der Waals surface area contributed by atoms with Crippen LogP contribution < -0.4 is 0 Å². The summed E-state index contributed by atoms with van der Waals surface area (Å²) in [5, 5.41) is 0. The molecule has 1 aromatic carbocycles. The minimum Gasteiger partial charge on any atom is -0.334 e. The molecule has 0 bridgehead atoms. The predicted molar refractivity (Wildman–Crippen MR) is 65.3 cm³/mol. The maximum absolute atomic E-state index is 12.9. The van der Waals surface area contributed by atoms with Gasteiger partial charge in [-0.3, -0.25) is 0 Å². The van der Waals surface area contributed by atoms with Crippen LogP contribution in [0.2, 0.25) is 0 Å². The second-order valence-electron chi connectivity index (χ2n) is 4.73. The highest BCUT2D eigenvalue weighted by Gasteiger charge is 2.19. The highest BCUT2D eigenvalue weighted by molar-refractivity contribution is 5.58. The van der Waals surface area contributed by atoms with E-state index in [2.05, 4.69) is 22.7 Å². The largest absolute Gasteiger partial charge is 0.334 e. The van der Waals surface area contributed by atoms with Crippen molar-refractivity contribution in [2.45, 2.75) is 32.2 Å². The lowest BCUT2D eigenvalue weighted by molar-refractivity contribution is 0.463. The number of hydrogen-bond acceptors (Lipinski definition) is 1. The molecule has 1 aliphatic rings. The van der Waals surface area contributed by atoms with Gasteiger partial charge in [-0.15, -0.1) is 0 Å². The van der Waals surface area contributed by atoms with Crippen molar-refractivity contribution in [2.24, 2.45) is 0 Å². The van der Waals surface area contributed by atoms with E-state index in [0.717, 1.165) is 23.6 Å². The van der Waals surface area contributed by atoms with Crippen LogP contribution in [-0.2, 0) is 6.54 Å². The van der Waals surface area contributed by atoms with Gasteiger partial charge >= 0.3 is 0 Å². The van der Waals surface area contributed by atoms with Gasteiger partial charge in [-0.2, -0.15) is 0 Å². The number of halogens is 1. The van der Waals surface area contributed by atoms with Crippen LogP contribution in [0.1, 0.15) is 31.5 Å². The minimum atomic E-state index is -0.203. The Morgan fingerprint density at radius 3 is 2.76 bits per heavy atom. The van der Waals surface area contributed by atoms with Crippen molar-refractivity contribution in [3.63, 3.8) is 0 Å². The van der Waals surface area contributed by atoms with E-state index >= 15 is 0 Å². The van der Waals surface area contributed by atoms with E-state index in [9.17, 15) is 4.39 Å². The van der Waals surface area contributed by atoms with Crippen LogP contribution in [0.15, 0.2) is 30.5 Å². The molecule has 0 radical (unpaired) electrons. The molecule has 2 nitrogen and oxygen atoms in total. The molecule has 17 heavy (non-hydrogen) atoms. The lowest BCUT2D eigenvalue weighted by Gasteiger charge is -2.19. The van der Waals surface area contributed by atoms with Crippen molar-refractivity contribution in [3.8, 4) is 11.3 Å². The zero-order chi connectivity index (χ0) is 11.8. The molecule has 0 fully saturated rings. The fourth-order valence-electron chi connectivity index (χ4n) is 2.46. The van der Waals surface area contributed by atoms with Crippen LogP contribution in [0.25, 0.3) is 11.3 Å². The molecule has 3 rings (SSSR count). The monoisotopic (exact) mass is 230 g/mol. The number of hydrogen-bond donors (Lipinski definition) is 0. The van der Waals surface area contributed by atoms with E-state index in [0.29, 0.717) is 5.92 Å². The zero-order valence-corrected chi connectivity index (χ0v) is 9.86. The topological polar surface area (TPSA) is 17.8 Å². The normalized spacial score (nSPS) is 19.1. The zero-order valence-electron chi connectivity index (χ0n) is 9.86. The Balaban J connectivity index is 2.02. The number of aryl methyl sites for hydroxylation is 1. The molecule has 2 aromatic rings. The molecule has 3 heteroatoms. The SMILES string of the molecule is CC1CCCn2cc(-c3ccc(F)cc3)nc21. The molecule has 0 aliphatic carbocycles. The number of benzene rings is 1. The van der Waals surface area contributed by atoms with Crippen molar-refractivity contribution >= 4 is 0 Å². The van der Waals surface area contributed by atoms with E-state index in [1.807, 2.05) is 0 Å². The van der Waals surface area contributed by atoms with Gasteiger partial charge < -0.3 is 4.57 Å². The van der Waals surface area contributed by atoms with Crippen LogP contribution in [0.5, 0.6) is 0 Å². The lowest BCUT2D eigenvalue weighted by Crippen LogP contribution is -2.12. The molecular weight excluding hydrogens is 215 g/mol. The molecule has 2 heterocycles. The summed E-state index contributed by atoms with van der Waals surface area (Å²) in [6.45, 7) is 3.26. The summed E-state index contributed by atoms with van der Waals surface area (Å²) in [6.07, 6.45) is 4.51. The molecule has 88 valence electrons. The van der Waals surface area contributed by atoms with Gasteiger partial charge in [0, 0.05) is 24.2 Å². The first-order chi connectivity index (χ1) is 8.24. The minimum absolute atomic E-state index is 0.203. The summed E-state index contributed by atoms with van der Waals surface area (Å²) in [6, 6.07) is 6.54. The molecule has 0 saturated heterocycles. The lowest BCUT2D eigenvalue weighted by atomic mass is 10.0. The van der Waals surface area contributed by atoms with E-state index < -0.39 is 0 Å². The van der Waals surface area contributed by atoms with Gasteiger partial charge in [-0.05, 0) is 37.1 Å². The molecular formula is C14H15FN2. The third-order valence-corrected chi connectivity index (χ3v) is 3.42. The fraction of sp³-hybridized carbons (Fsp3) is 0.357. The van der Waals surface area contributed by atoms with E-state index in [-0.39, 0.29) is 5.82 Å². The molecule has 1 aromatic heterocycles. The summed E-state index contributed by atoms with van der Waals surface area (Å²) in [4.78, 5) is 4.67. The first kappa shape index (κ1) is 10.5. The summed E-state index contributed by atoms with van der Waals surface area (Å²) >= 11 is 0. The Morgan fingerprint density at radius 2 is 2.06 bits per heavy atom. The molecule has 0 spiro atoms. The fourth-order valence-corrected chi connectivity index (χ4v) is 2.46. The summed E-state index contributed by atoms with van der Waals surface area (Å²) in [5.41, 5.74) is 1.94. The molecule has 1 atom stereocenters. The molecule has 0 N–H and O–H groups in total. The van der Waals surface area contributed by atoms with Crippen LogP contribution >= 0.6 is 0 Å². The smallest absolute Gasteiger partial charge is 0.123 e. The maximum atomic E-state index is 12.9. The second kappa shape index (κ2) is 3.99. The van der Waals surface area contributed by atoms with Gasteiger partial charge in [-0.25, -0.2) is 9.37 Å². The standard InChI is InChI=1S/C14H15FN2/c1-10-3-2-8-17-9-13(16-14(10)17)11-4-6-12(15)7-5-11/h4-7,9-10H,2-3,8H2,1H3. The Kier molecular flexibility index (Phi) is 2.46. The van der Waals surface area contributed by atoms with Crippen molar-refractivity contribution < 1.29 is 4.39 Å². The van der Waals surface area contributed by atoms with Crippen molar-refractivity contribution in [1.29, 1.82) is 0 Å². The predicted octanol–water partition coefficient (Wildman–Crippen LogP) is 3.59. The summed E-state index contributed by atoms with van der Waals surface area (Å²) in [5.74, 6) is 1.49. The molecule has 1 unspecified atom stereocenters. The van der Waals surface area contributed by atoms with Gasteiger partial charge in [0.2, 0.25) is 0 Å². The van der Waals surface area contributed by atoms with Gasteiger partial charge in [-0.1, -0.05) is 6.92 Å². The van der Waals surface area contributed by atoms with Crippen LogP contribution in [-0.4, -0.2) is 9.55 Å². The Hall–Kier alpha value is -1.64. The van der Waals surface area contributed by atoms with Gasteiger partial charge in [0.1, 0.15) is 11.6 Å². The van der Waals surface area contributed by atoms with E-state index in [4.69, 9.17) is 0 Å². The van der Waals surface area contributed by atoms with Crippen LogP contribution in [0.4, 0.5) is 4.39 Å². The first-order valence-electron chi connectivity index (χ1n) is 6.07. The first-order valence-corrected chi connectivity index (χ1v) is 6.07. The Bertz CT molecular complexity index is 528. The Morgan fingerprint density at radius 1 is 1.29 bits per heavy atom.